The van der Waals surface area contributed by atoms with Gasteiger partial charge < -0.3 is 14.5 Å². The van der Waals surface area contributed by atoms with Gasteiger partial charge in [-0.1, -0.05) is 18.2 Å². The van der Waals surface area contributed by atoms with E-state index >= 15 is 0 Å². The molecule has 0 atom stereocenters. The SMILES string of the molecule is COC(OC)c1c(C)[nH]c2ccccc12. The number of aryl methyl sites for hydroxylation is 1. The van der Waals surface area contributed by atoms with E-state index in [1.54, 1.807) is 14.2 Å². The number of ether oxygens (including phenoxy) is 2. The molecule has 0 aliphatic carbocycles. The Hall–Kier alpha value is -1.32. The minimum atomic E-state index is -0.304. The van der Waals surface area contributed by atoms with Gasteiger partial charge in [0, 0.05) is 36.4 Å². The largest absolute Gasteiger partial charge is 0.358 e. The van der Waals surface area contributed by atoms with Gasteiger partial charge in [0.15, 0.2) is 6.29 Å². The van der Waals surface area contributed by atoms with Crippen LogP contribution in [0, 0.1) is 6.92 Å². The molecule has 0 spiro atoms. The molecule has 1 aromatic carbocycles. The average Bonchev–Trinajstić information content (AvgIpc) is 2.58. The zero-order chi connectivity index (χ0) is 10.8. The Morgan fingerprint density at radius 3 is 2.47 bits per heavy atom. The Kier molecular flexibility index (Phi) is 2.75. The van der Waals surface area contributed by atoms with Gasteiger partial charge in [-0.15, -0.1) is 0 Å². The highest BCUT2D eigenvalue weighted by Crippen LogP contribution is 2.29. The van der Waals surface area contributed by atoms with Crippen LogP contribution >= 0.6 is 0 Å². The second kappa shape index (κ2) is 4.04. The molecule has 1 aromatic heterocycles. The second-order valence-electron chi connectivity index (χ2n) is 3.51. The van der Waals surface area contributed by atoms with Crippen LogP contribution in [0.5, 0.6) is 0 Å². The number of nitrogens with one attached hydrogen (secondary N) is 1. The Morgan fingerprint density at radius 1 is 1.13 bits per heavy atom. The maximum atomic E-state index is 5.29. The third-order valence-electron chi connectivity index (χ3n) is 2.61. The Morgan fingerprint density at radius 2 is 1.80 bits per heavy atom. The molecule has 0 bridgehead atoms. The third-order valence-corrected chi connectivity index (χ3v) is 2.61. The van der Waals surface area contributed by atoms with Crippen molar-refractivity contribution in [1.82, 2.24) is 4.98 Å². The lowest BCUT2D eigenvalue weighted by Crippen LogP contribution is -2.04. The number of para-hydroxylation sites is 1. The fourth-order valence-corrected chi connectivity index (χ4v) is 1.93. The highest BCUT2D eigenvalue weighted by atomic mass is 16.7. The first kappa shape index (κ1) is 10.2. The number of aromatic amines is 1. The van der Waals surface area contributed by atoms with E-state index in [1.807, 2.05) is 25.1 Å². The first-order valence-electron chi connectivity index (χ1n) is 4.90. The predicted octanol–water partition coefficient (Wildman–Crippen LogP) is 2.77. The van der Waals surface area contributed by atoms with Crippen molar-refractivity contribution >= 4 is 10.9 Å². The van der Waals surface area contributed by atoms with Crippen molar-refractivity contribution in [2.45, 2.75) is 13.2 Å². The molecule has 80 valence electrons. The zero-order valence-electron chi connectivity index (χ0n) is 9.20. The van der Waals surface area contributed by atoms with Gasteiger partial charge in [0.1, 0.15) is 0 Å². The summed E-state index contributed by atoms with van der Waals surface area (Å²) in [5.74, 6) is 0. The van der Waals surface area contributed by atoms with Crippen molar-refractivity contribution in [2.75, 3.05) is 14.2 Å². The van der Waals surface area contributed by atoms with Gasteiger partial charge in [0.2, 0.25) is 0 Å². The molecule has 0 aliphatic heterocycles. The maximum Gasteiger partial charge on any atom is 0.185 e. The monoisotopic (exact) mass is 205 g/mol. The van der Waals surface area contributed by atoms with Gasteiger partial charge in [-0.25, -0.2) is 0 Å². The maximum absolute atomic E-state index is 5.29. The smallest absolute Gasteiger partial charge is 0.185 e. The summed E-state index contributed by atoms with van der Waals surface area (Å²) in [4.78, 5) is 3.32. The number of benzene rings is 1. The number of methoxy groups -OCH3 is 2. The van der Waals surface area contributed by atoms with E-state index in [9.17, 15) is 0 Å². The summed E-state index contributed by atoms with van der Waals surface area (Å²) in [6.45, 7) is 2.03. The number of fused-ring (bicyclic) bond motifs is 1. The molecule has 15 heavy (non-hydrogen) atoms. The molecular formula is C12H15NO2. The molecule has 2 rings (SSSR count). The lowest BCUT2D eigenvalue weighted by atomic mass is 10.1. The van der Waals surface area contributed by atoms with Crippen molar-refractivity contribution in [3.8, 4) is 0 Å². The first-order valence-corrected chi connectivity index (χ1v) is 4.90. The van der Waals surface area contributed by atoms with Crippen molar-refractivity contribution in [2.24, 2.45) is 0 Å². The van der Waals surface area contributed by atoms with Gasteiger partial charge in [-0.05, 0) is 13.0 Å². The van der Waals surface area contributed by atoms with Crippen molar-refractivity contribution < 1.29 is 9.47 Å². The molecule has 0 amide bonds. The molecule has 0 unspecified atom stereocenters. The number of aromatic nitrogens is 1. The van der Waals surface area contributed by atoms with E-state index in [0.29, 0.717) is 0 Å². The Bertz CT molecular complexity index is 458. The Labute approximate surface area is 89.0 Å². The number of hydrogen-bond donors (Lipinski definition) is 1. The van der Waals surface area contributed by atoms with Crippen LogP contribution in [0.25, 0.3) is 10.9 Å². The van der Waals surface area contributed by atoms with Gasteiger partial charge >= 0.3 is 0 Å². The molecule has 2 aromatic rings. The number of hydrogen-bond acceptors (Lipinski definition) is 2. The highest BCUT2D eigenvalue weighted by Gasteiger charge is 2.17. The highest BCUT2D eigenvalue weighted by molar-refractivity contribution is 5.84. The number of H-pyrrole nitrogens is 1. The normalized spacial score (nSPS) is 11.5. The molecular weight excluding hydrogens is 190 g/mol. The quantitative estimate of drug-likeness (QED) is 0.782. The van der Waals surface area contributed by atoms with E-state index in [0.717, 1.165) is 22.2 Å². The fraction of sp³-hybridized carbons (Fsp3) is 0.333. The Balaban J connectivity index is 2.62. The van der Waals surface area contributed by atoms with Crippen LogP contribution < -0.4 is 0 Å². The fourth-order valence-electron chi connectivity index (χ4n) is 1.93. The van der Waals surface area contributed by atoms with E-state index in [4.69, 9.17) is 9.47 Å². The van der Waals surface area contributed by atoms with Crippen LogP contribution in [0.4, 0.5) is 0 Å². The van der Waals surface area contributed by atoms with Crippen LogP contribution in [0.15, 0.2) is 24.3 Å². The van der Waals surface area contributed by atoms with E-state index in [-0.39, 0.29) is 6.29 Å². The molecule has 1 N–H and O–H groups in total. The minimum absolute atomic E-state index is 0.304. The minimum Gasteiger partial charge on any atom is -0.358 e. The lowest BCUT2D eigenvalue weighted by molar-refractivity contribution is -0.105. The van der Waals surface area contributed by atoms with E-state index < -0.39 is 0 Å². The lowest BCUT2D eigenvalue weighted by Gasteiger charge is -2.13. The average molecular weight is 205 g/mol. The van der Waals surface area contributed by atoms with Gasteiger partial charge in [0.25, 0.3) is 0 Å². The number of rotatable bonds is 3. The summed E-state index contributed by atoms with van der Waals surface area (Å²) < 4.78 is 10.6. The molecule has 3 heteroatoms. The van der Waals surface area contributed by atoms with Crippen LogP contribution in [0.2, 0.25) is 0 Å². The topological polar surface area (TPSA) is 34.2 Å². The van der Waals surface area contributed by atoms with Crippen molar-refractivity contribution in [3.63, 3.8) is 0 Å². The van der Waals surface area contributed by atoms with Gasteiger partial charge in [0.05, 0.1) is 0 Å². The molecule has 3 nitrogen and oxygen atoms in total. The summed E-state index contributed by atoms with van der Waals surface area (Å²) in [6, 6.07) is 8.14. The van der Waals surface area contributed by atoms with Gasteiger partial charge in [-0.2, -0.15) is 0 Å². The summed E-state index contributed by atoms with van der Waals surface area (Å²) in [5, 5.41) is 1.16. The van der Waals surface area contributed by atoms with Gasteiger partial charge in [-0.3, -0.25) is 0 Å². The van der Waals surface area contributed by atoms with Crippen LogP contribution in [0.3, 0.4) is 0 Å². The van der Waals surface area contributed by atoms with Crippen LogP contribution in [-0.4, -0.2) is 19.2 Å². The second-order valence-corrected chi connectivity index (χ2v) is 3.51. The summed E-state index contributed by atoms with van der Waals surface area (Å²) in [7, 11) is 3.30. The predicted molar refractivity (Wildman–Crippen MR) is 59.8 cm³/mol. The molecule has 0 aliphatic rings. The summed E-state index contributed by atoms with van der Waals surface area (Å²) in [5.41, 5.74) is 3.28. The summed E-state index contributed by atoms with van der Waals surface area (Å²) in [6.07, 6.45) is -0.304. The van der Waals surface area contributed by atoms with E-state index in [1.165, 1.54) is 0 Å². The van der Waals surface area contributed by atoms with E-state index in [2.05, 4.69) is 11.1 Å². The molecule has 0 radical (unpaired) electrons. The molecule has 0 saturated heterocycles. The molecule has 0 fully saturated rings. The van der Waals surface area contributed by atoms with Crippen LogP contribution in [0.1, 0.15) is 17.5 Å². The molecule has 1 heterocycles. The van der Waals surface area contributed by atoms with Crippen molar-refractivity contribution in [1.29, 1.82) is 0 Å². The summed E-state index contributed by atoms with van der Waals surface area (Å²) >= 11 is 0. The van der Waals surface area contributed by atoms with Crippen LogP contribution in [-0.2, 0) is 9.47 Å². The standard InChI is InChI=1S/C12H15NO2/c1-8-11(12(14-2)15-3)9-6-4-5-7-10(9)13-8/h4-7,12-13H,1-3H3. The first-order chi connectivity index (χ1) is 7.27. The molecule has 0 saturated carbocycles. The zero-order valence-corrected chi connectivity index (χ0v) is 9.20. The van der Waals surface area contributed by atoms with Crippen molar-refractivity contribution in [3.05, 3.63) is 35.5 Å². The third kappa shape index (κ3) is 1.64.